The van der Waals surface area contributed by atoms with E-state index >= 15 is 0 Å². The van der Waals surface area contributed by atoms with E-state index in [0.717, 1.165) is 12.8 Å². The van der Waals surface area contributed by atoms with Crippen LogP contribution in [-0.4, -0.2) is 29.2 Å². The van der Waals surface area contributed by atoms with Crippen LogP contribution in [0, 0.1) is 0 Å². The molecule has 0 unspecified atom stereocenters. The van der Waals surface area contributed by atoms with Crippen LogP contribution in [0.15, 0.2) is 12.1 Å². The van der Waals surface area contributed by atoms with Gasteiger partial charge < -0.3 is 10.0 Å². The highest BCUT2D eigenvalue weighted by atomic mass is 16.4. The fraction of sp³-hybridized carbons (Fsp3) is 0.500. The lowest BCUT2D eigenvalue weighted by Crippen LogP contribution is -2.31. The molecule has 0 aromatic heterocycles. The van der Waals surface area contributed by atoms with Crippen molar-refractivity contribution < 1.29 is 9.90 Å². The lowest BCUT2D eigenvalue weighted by molar-refractivity contribution is 0.147. The van der Waals surface area contributed by atoms with Crippen molar-refractivity contribution in [2.24, 2.45) is 0 Å². The van der Waals surface area contributed by atoms with E-state index in [0.29, 0.717) is 13.1 Å². The van der Waals surface area contributed by atoms with E-state index in [1.165, 1.54) is 41.5 Å². The molecule has 0 spiro atoms. The monoisotopic (exact) mass is 231 g/mol. The molecule has 1 N–H and O–H groups in total. The molecular formula is C14H17NO2. The second kappa shape index (κ2) is 4.06. The number of hydrogen-bond acceptors (Lipinski definition) is 1. The van der Waals surface area contributed by atoms with Gasteiger partial charge in [0.15, 0.2) is 0 Å². The van der Waals surface area contributed by atoms with Crippen LogP contribution in [0.4, 0.5) is 4.79 Å². The van der Waals surface area contributed by atoms with Gasteiger partial charge in [0.1, 0.15) is 0 Å². The molecule has 1 aromatic carbocycles. The van der Waals surface area contributed by atoms with Gasteiger partial charge in [-0.2, -0.15) is 0 Å². The molecule has 17 heavy (non-hydrogen) atoms. The number of fused-ring (bicyclic) bond motifs is 3. The highest BCUT2D eigenvalue weighted by Crippen LogP contribution is 2.30. The lowest BCUT2D eigenvalue weighted by atomic mass is 9.94. The number of carboxylic acid groups (broad SMARTS) is 1. The summed E-state index contributed by atoms with van der Waals surface area (Å²) in [6.07, 6.45) is 4.62. The Labute approximate surface area is 101 Å². The molecular weight excluding hydrogens is 214 g/mol. The van der Waals surface area contributed by atoms with Crippen molar-refractivity contribution in [2.75, 3.05) is 13.1 Å². The van der Waals surface area contributed by atoms with Crippen molar-refractivity contribution in [3.63, 3.8) is 0 Å². The predicted molar refractivity (Wildman–Crippen MR) is 65.5 cm³/mol. The largest absolute Gasteiger partial charge is 0.465 e. The third kappa shape index (κ3) is 1.79. The van der Waals surface area contributed by atoms with Crippen LogP contribution in [-0.2, 0) is 25.7 Å². The zero-order valence-electron chi connectivity index (χ0n) is 9.91. The maximum atomic E-state index is 11.0. The van der Waals surface area contributed by atoms with Gasteiger partial charge in [-0.25, -0.2) is 4.79 Å². The van der Waals surface area contributed by atoms with E-state index in [1.807, 2.05) is 0 Å². The molecule has 1 aliphatic carbocycles. The van der Waals surface area contributed by atoms with Crippen LogP contribution in [0.1, 0.15) is 28.7 Å². The Hall–Kier alpha value is -1.51. The molecule has 0 saturated heterocycles. The number of amides is 1. The maximum absolute atomic E-state index is 11.0. The Kier molecular flexibility index (Phi) is 2.54. The summed E-state index contributed by atoms with van der Waals surface area (Å²) in [6.45, 7) is 1.29. The van der Waals surface area contributed by atoms with Crippen molar-refractivity contribution in [3.05, 3.63) is 34.4 Å². The molecule has 3 rings (SSSR count). The van der Waals surface area contributed by atoms with Crippen molar-refractivity contribution in [1.29, 1.82) is 0 Å². The van der Waals surface area contributed by atoms with Crippen LogP contribution < -0.4 is 0 Å². The Morgan fingerprint density at radius 2 is 1.65 bits per heavy atom. The molecule has 1 amide bonds. The van der Waals surface area contributed by atoms with Crippen LogP contribution in [0.25, 0.3) is 0 Å². The standard InChI is InChI=1S/C14H17NO2/c16-14(17)15-8-6-11-5-4-10-2-1-3-12(10)13(11)7-9-15/h4-5H,1-3,6-9H2,(H,16,17). The number of aryl methyl sites for hydroxylation is 1. The number of carbonyl (C=O) groups is 1. The summed E-state index contributed by atoms with van der Waals surface area (Å²) in [7, 11) is 0. The Balaban J connectivity index is 1.94. The molecule has 0 atom stereocenters. The van der Waals surface area contributed by atoms with Gasteiger partial charge in [-0.1, -0.05) is 12.1 Å². The highest BCUT2D eigenvalue weighted by Gasteiger charge is 2.22. The van der Waals surface area contributed by atoms with Gasteiger partial charge in [0.2, 0.25) is 0 Å². The van der Waals surface area contributed by atoms with Gasteiger partial charge in [-0.15, -0.1) is 0 Å². The third-order valence-electron chi connectivity index (χ3n) is 4.05. The predicted octanol–water partition coefficient (Wildman–Crippen LogP) is 2.25. The minimum atomic E-state index is -0.783. The van der Waals surface area contributed by atoms with E-state index in [9.17, 15) is 4.79 Å². The molecule has 0 bridgehead atoms. The minimum absolute atomic E-state index is 0.640. The number of nitrogens with zero attached hydrogens (tertiary/aromatic N) is 1. The fourth-order valence-corrected chi connectivity index (χ4v) is 3.14. The smallest absolute Gasteiger partial charge is 0.407 e. The minimum Gasteiger partial charge on any atom is -0.465 e. The Morgan fingerprint density at radius 3 is 2.41 bits per heavy atom. The number of benzene rings is 1. The highest BCUT2D eigenvalue weighted by molar-refractivity contribution is 5.65. The summed E-state index contributed by atoms with van der Waals surface area (Å²) < 4.78 is 0. The summed E-state index contributed by atoms with van der Waals surface area (Å²) >= 11 is 0. The molecule has 0 radical (unpaired) electrons. The van der Waals surface area contributed by atoms with Crippen LogP contribution in [0.3, 0.4) is 0 Å². The van der Waals surface area contributed by atoms with Crippen LogP contribution in [0.5, 0.6) is 0 Å². The second-order valence-electron chi connectivity index (χ2n) is 4.96. The normalized spacial score (nSPS) is 18.5. The first-order valence-corrected chi connectivity index (χ1v) is 6.36. The fourth-order valence-electron chi connectivity index (χ4n) is 3.14. The number of hydrogen-bond donors (Lipinski definition) is 1. The quantitative estimate of drug-likeness (QED) is 0.744. The average Bonchev–Trinajstić information content (AvgIpc) is 2.67. The zero-order valence-corrected chi connectivity index (χ0v) is 9.91. The third-order valence-corrected chi connectivity index (χ3v) is 4.05. The first-order valence-electron chi connectivity index (χ1n) is 6.36. The van der Waals surface area contributed by atoms with Gasteiger partial charge in [0.25, 0.3) is 0 Å². The topological polar surface area (TPSA) is 40.5 Å². The molecule has 3 heteroatoms. The summed E-state index contributed by atoms with van der Waals surface area (Å²) in [6, 6.07) is 4.46. The molecule has 90 valence electrons. The first-order chi connectivity index (χ1) is 8.25. The van der Waals surface area contributed by atoms with Gasteiger partial charge in [0, 0.05) is 13.1 Å². The van der Waals surface area contributed by atoms with Crippen LogP contribution in [0.2, 0.25) is 0 Å². The van der Waals surface area contributed by atoms with Crippen LogP contribution >= 0.6 is 0 Å². The Bertz CT molecular complexity index is 468. The van der Waals surface area contributed by atoms with E-state index in [1.54, 1.807) is 4.90 Å². The summed E-state index contributed by atoms with van der Waals surface area (Å²) in [5.74, 6) is 0. The Morgan fingerprint density at radius 1 is 1.00 bits per heavy atom. The first kappa shape index (κ1) is 10.6. The summed E-state index contributed by atoms with van der Waals surface area (Å²) in [4.78, 5) is 12.6. The molecule has 1 aliphatic heterocycles. The molecule has 1 aromatic rings. The van der Waals surface area contributed by atoms with Crippen molar-refractivity contribution in [1.82, 2.24) is 4.90 Å². The van der Waals surface area contributed by atoms with Gasteiger partial charge in [-0.3, -0.25) is 0 Å². The van der Waals surface area contributed by atoms with E-state index < -0.39 is 6.09 Å². The zero-order chi connectivity index (χ0) is 11.8. The summed E-state index contributed by atoms with van der Waals surface area (Å²) in [5, 5.41) is 9.06. The lowest BCUT2D eigenvalue weighted by Gasteiger charge is -2.15. The van der Waals surface area contributed by atoms with Crippen molar-refractivity contribution in [3.8, 4) is 0 Å². The molecule has 3 nitrogen and oxygen atoms in total. The van der Waals surface area contributed by atoms with Gasteiger partial charge >= 0.3 is 6.09 Å². The SMILES string of the molecule is O=C(O)N1CCc2ccc3c(c2CC1)CCC3. The molecule has 0 saturated carbocycles. The van der Waals surface area contributed by atoms with Crippen molar-refractivity contribution >= 4 is 6.09 Å². The molecule has 0 fully saturated rings. The van der Waals surface area contributed by atoms with Gasteiger partial charge in [-0.05, 0) is 54.4 Å². The van der Waals surface area contributed by atoms with E-state index in [4.69, 9.17) is 5.11 Å². The van der Waals surface area contributed by atoms with E-state index in [-0.39, 0.29) is 0 Å². The van der Waals surface area contributed by atoms with Gasteiger partial charge in [0.05, 0.1) is 0 Å². The van der Waals surface area contributed by atoms with Crippen molar-refractivity contribution in [2.45, 2.75) is 32.1 Å². The second-order valence-corrected chi connectivity index (χ2v) is 4.96. The average molecular weight is 231 g/mol. The molecule has 2 aliphatic rings. The van der Waals surface area contributed by atoms with E-state index in [2.05, 4.69) is 12.1 Å². The number of rotatable bonds is 0. The molecule has 1 heterocycles. The summed E-state index contributed by atoms with van der Waals surface area (Å²) in [5.41, 5.74) is 5.83. The maximum Gasteiger partial charge on any atom is 0.407 e.